The summed E-state index contributed by atoms with van der Waals surface area (Å²) < 4.78 is 2.25. The summed E-state index contributed by atoms with van der Waals surface area (Å²) in [4.78, 5) is 4.81. The van der Waals surface area contributed by atoms with Crippen molar-refractivity contribution in [3.63, 3.8) is 0 Å². The van der Waals surface area contributed by atoms with Crippen molar-refractivity contribution in [1.82, 2.24) is 9.55 Å². The number of aromatic nitrogens is 2. The number of nitrogens with two attached hydrogens (primary N) is 1. The number of hydrogen-bond acceptors (Lipinski definition) is 3. The number of unbranched alkanes of at least 4 members (excludes halogenated alkanes) is 1. The Bertz CT molecular complexity index is 603. The van der Waals surface area contributed by atoms with Crippen molar-refractivity contribution in [2.24, 2.45) is 12.8 Å². The van der Waals surface area contributed by atoms with E-state index in [0.29, 0.717) is 0 Å². The fraction of sp³-hybridized carbons (Fsp3) is 0.562. The predicted octanol–water partition coefficient (Wildman–Crippen LogP) is 3.28. The average Bonchev–Trinajstić information content (AvgIpc) is 2.77. The highest BCUT2D eigenvalue weighted by atomic mass is 32.2. The van der Waals surface area contributed by atoms with Crippen LogP contribution < -0.4 is 5.73 Å². The molecule has 2 N–H and O–H groups in total. The van der Waals surface area contributed by atoms with E-state index >= 15 is 0 Å². The predicted molar refractivity (Wildman–Crippen MR) is 86.4 cm³/mol. The van der Waals surface area contributed by atoms with Crippen LogP contribution in [0.4, 0.5) is 0 Å². The van der Waals surface area contributed by atoms with E-state index in [-0.39, 0.29) is 0 Å². The van der Waals surface area contributed by atoms with Gasteiger partial charge in [-0.05, 0) is 68.3 Å². The highest BCUT2D eigenvalue weighted by Gasteiger charge is 2.14. The SMILES string of the molecule is Cn1c(SCCCCN)nc2cc3c(cc21)CCCC3. The molecule has 1 heterocycles. The number of imidazole rings is 1. The van der Waals surface area contributed by atoms with Gasteiger partial charge in [0, 0.05) is 12.8 Å². The topological polar surface area (TPSA) is 43.8 Å². The Kier molecular flexibility index (Phi) is 4.32. The van der Waals surface area contributed by atoms with Crippen LogP contribution in [-0.4, -0.2) is 21.8 Å². The lowest BCUT2D eigenvalue weighted by Gasteiger charge is -2.15. The number of aryl methyl sites for hydroxylation is 3. The molecule has 1 aliphatic rings. The van der Waals surface area contributed by atoms with Crippen molar-refractivity contribution in [2.75, 3.05) is 12.3 Å². The van der Waals surface area contributed by atoms with Crippen LogP contribution in [0.2, 0.25) is 0 Å². The second kappa shape index (κ2) is 6.19. The third kappa shape index (κ3) is 2.72. The number of hydrogen-bond donors (Lipinski definition) is 1. The van der Waals surface area contributed by atoms with Gasteiger partial charge in [0.1, 0.15) is 0 Å². The summed E-state index contributed by atoms with van der Waals surface area (Å²) >= 11 is 1.85. The van der Waals surface area contributed by atoms with Crippen molar-refractivity contribution < 1.29 is 0 Å². The van der Waals surface area contributed by atoms with Gasteiger partial charge in [0.15, 0.2) is 5.16 Å². The van der Waals surface area contributed by atoms with Crippen LogP contribution in [0.25, 0.3) is 11.0 Å². The van der Waals surface area contributed by atoms with Crippen LogP contribution in [-0.2, 0) is 19.9 Å². The normalized spacial score (nSPS) is 14.7. The van der Waals surface area contributed by atoms with Gasteiger partial charge in [0.05, 0.1) is 11.0 Å². The minimum atomic E-state index is 0.788. The molecule has 0 unspecified atom stereocenters. The molecule has 3 nitrogen and oxygen atoms in total. The lowest BCUT2D eigenvalue weighted by Crippen LogP contribution is -2.02. The smallest absolute Gasteiger partial charge is 0.168 e. The van der Waals surface area contributed by atoms with Gasteiger partial charge < -0.3 is 10.3 Å². The molecule has 0 aliphatic heterocycles. The van der Waals surface area contributed by atoms with Crippen molar-refractivity contribution >= 4 is 22.8 Å². The largest absolute Gasteiger partial charge is 0.330 e. The first-order valence-electron chi connectivity index (χ1n) is 7.60. The van der Waals surface area contributed by atoms with Crippen molar-refractivity contribution in [3.8, 4) is 0 Å². The molecular weight excluding hydrogens is 266 g/mol. The zero-order valence-electron chi connectivity index (χ0n) is 12.2. The van der Waals surface area contributed by atoms with Gasteiger partial charge in [-0.2, -0.15) is 0 Å². The molecule has 108 valence electrons. The Labute approximate surface area is 124 Å². The summed E-state index contributed by atoms with van der Waals surface area (Å²) in [6, 6.07) is 4.68. The maximum absolute atomic E-state index is 5.54. The lowest BCUT2D eigenvalue weighted by atomic mass is 9.91. The molecule has 0 atom stereocenters. The third-order valence-electron chi connectivity index (χ3n) is 4.13. The van der Waals surface area contributed by atoms with Crippen molar-refractivity contribution in [2.45, 2.75) is 43.7 Å². The van der Waals surface area contributed by atoms with Crippen LogP contribution in [0.15, 0.2) is 17.3 Å². The van der Waals surface area contributed by atoms with E-state index in [1.807, 2.05) is 11.8 Å². The molecule has 0 spiro atoms. The first-order chi connectivity index (χ1) is 9.79. The third-order valence-corrected chi connectivity index (χ3v) is 5.25. The molecule has 0 radical (unpaired) electrons. The van der Waals surface area contributed by atoms with Crippen LogP contribution >= 0.6 is 11.8 Å². The zero-order chi connectivity index (χ0) is 13.9. The first-order valence-corrected chi connectivity index (χ1v) is 8.59. The van der Waals surface area contributed by atoms with E-state index in [1.165, 1.54) is 48.7 Å². The summed E-state index contributed by atoms with van der Waals surface area (Å²) in [5.74, 6) is 1.11. The highest BCUT2D eigenvalue weighted by molar-refractivity contribution is 7.99. The standard InChI is InChI=1S/C16H23N3S/c1-19-15-11-13-7-3-2-6-12(13)10-14(15)18-16(19)20-9-5-4-8-17/h10-11H,2-9,17H2,1H3. The molecule has 0 saturated carbocycles. The number of rotatable bonds is 5. The van der Waals surface area contributed by atoms with Gasteiger partial charge in [0.2, 0.25) is 0 Å². The summed E-state index contributed by atoms with van der Waals surface area (Å²) in [5.41, 5.74) is 11.0. The van der Waals surface area contributed by atoms with Crippen LogP contribution in [0.5, 0.6) is 0 Å². The van der Waals surface area contributed by atoms with Crippen LogP contribution in [0, 0.1) is 0 Å². The van der Waals surface area contributed by atoms with Gasteiger partial charge >= 0.3 is 0 Å². The molecule has 4 heteroatoms. The number of thioether (sulfide) groups is 1. The lowest BCUT2D eigenvalue weighted by molar-refractivity contribution is 0.686. The van der Waals surface area contributed by atoms with E-state index < -0.39 is 0 Å². The molecule has 2 aromatic rings. The molecule has 1 aromatic heterocycles. The van der Waals surface area contributed by atoms with E-state index in [1.54, 1.807) is 0 Å². The molecule has 0 bridgehead atoms. The van der Waals surface area contributed by atoms with Crippen molar-refractivity contribution in [1.29, 1.82) is 0 Å². The maximum Gasteiger partial charge on any atom is 0.168 e. The van der Waals surface area contributed by atoms with Crippen molar-refractivity contribution in [3.05, 3.63) is 23.3 Å². The Morgan fingerprint density at radius 2 is 1.95 bits per heavy atom. The summed E-state index contributed by atoms with van der Waals surface area (Å²) in [6.45, 7) is 0.788. The molecular formula is C16H23N3S. The molecule has 0 amide bonds. The summed E-state index contributed by atoms with van der Waals surface area (Å²) in [6.07, 6.45) is 7.38. The molecule has 3 rings (SSSR count). The Hall–Kier alpha value is -1.00. The van der Waals surface area contributed by atoms with Gasteiger partial charge in [0.25, 0.3) is 0 Å². The Morgan fingerprint density at radius 1 is 1.20 bits per heavy atom. The minimum Gasteiger partial charge on any atom is -0.330 e. The van der Waals surface area contributed by atoms with Gasteiger partial charge in [-0.3, -0.25) is 0 Å². The molecule has 1 aliphatic carbocycles. The first kappa shape index (κ1) is 14.0. The molecule has 0 saturated heterocycles. The average molecular weight is 289 g/mol. The second-order valence-corrected chi connectivity index (χ2v) is 6.68. The number of benzene rings is 1. The van der Waals surface area contributed by atoms with Crippen LogP contribution in [0.3, 0.4) is 0 Å². The summed E-state index contributed by atoms with van der Waals surface area (Å²) in [5, 5.41) is 1.14. The molecule has 0 fully saturated rings. The van der Waals surface area contributed by atoms with E-state index in [9.17, 15) is 0 Å². The zero-order valence-corrected chi connectivity index (χ0v) is 13.0. The van der Waals surface area contributed by atoms with Gasteiger partial charge in [-0.25, -0.2) is 4.98 Å². The highest BCUT2D eigenvalue weighted by Crippen LogP contribution is 2.29. The molecule has 20 heavy (non-hydrogen) atoms. The fourth-order valence-corrected chi connectivity index (χ4v) is 3.92. The van der Waals surface area contributed by atoms with E-state index in [4.69, 9.17) is 10.7 Å². The number of fused-ring (bicyclic) bond motifs is 2. The second-order valence-electron chi connectivity index (χ2n) is 5.61. The Balaban J connectivity index is 1.85. The summed E-state index contributed by atoms with van der Waals surface area (Å²) in [7, 11) is 2.13. The van der Waals surface area contributed by atoms with Gasteiger partial charge in [-0.1, -0.05) is 11.8 Å². The Morgan fingerprint density at radius 3 is 2.70 bits per heavy atom. The maximum atomic E-state index is 5.54. The molecule has 1 aromatic carbocycles. The minimum absolute atomic E-state index is 0.788. The fourth-order valence-electron chi connectivity index (χ4n) is 2.94. The monoisotopic (exact) mass is 289 g/mol. The quantitative estimate of drug-likeness (QED) is 0.678. The van der Waals surface area contributed by atoms with Crippen LogP contribution in [0.1, 0.15) is 36.8 Å². The van der Waals surface area contributed by atoms with E-state index in [0.717, 1.165) is 29.4 Å². The van der Waals surface area contributed by atoms with E-state index in [2.05, 4.69) is 23.7 Å². The number of nitrogens with zero attached hydrogens (tertiary/aromatic N) is 2. The van der Waals surface area contributed by atoms with Gasteiger partial charge in [-0.15, -0.1) is 0 Å².